The lowest BCUT2D eigenvalue weighted by molar-refractivity contribution is -0.120. The first kappa shape index (κ1) is 15.8. The summed E-state index contributed by atoms with van der Waals surface area (Å²) < 4.78 is 0. The molecule has 1 heterocycles. The average Bonchev–Trinajstić information content (AvgIpc) is 3.10. The summed E-state index contributed by atoms with van der Waals surface area (Å²) in [5.74, 6) is 0.330. The van der Waals surface area contributed by atoms with Gasteiger partial charge in [-0.15, -0.1) is 11.3 Å². The number of nitrogens with zero attached hydrogens (tertiary/aromatic N) is 1. The first-order chi connectivity index (χ1) is 11.8. The lowest BCUT2D eigenvalue weighted by Gasteiger charge is -2.19. The molecule has 2 aromatic rings. The number of carbonyl (C=O) groups is 1. The highest BCUT2D eigenvalue weighted by atomic mass is 32.1. The fourth-order valence-electron chi connectivity index (χ4n) is 3.93. The van der Waals surface area contributed by atoms with Gasteiger partial charge in [-0.2, -0.15) is 0 Å². The minimum atomic E-state index is 0.154. The molecule has 3 nitrogen and oxygen atoms in total. The van der Waals surface area contributed by atoms with Crippen LogP contribution in [0.15, 0.2) is 23.6 Å². The second-order valence-corrected chi connectivity index (χ2v) is 7.91. The average molecular weight is 340 g/mol. The molecule has 1 saturated carbocycles. The number of aromatic nitrogens is 1. The molecule has 1 N–H and O–H groups in total. The van der Waals surface area contributed by atoms with Crippen molar-refractivity contribution in [1.82, 2.24) is 4.98 Å². The van der Waals surface area contributed by atoms with Crippen molar-refractivity contribution in [2.75, 3.05) is 5.32 Å². The SMILES string of the molecule is O=C(Nc1nc(-c2ccc3c(c2)CCCC3)cs1)C1CCCCC1. The predicted octanol–water partition coefficient (Wildman–Crippen LogP) is 5.21. The summed E-state index contributed by atoms with van der Waals surface area (Å²) >= 11 is 1.53. The van der Waals surface area contributed by atoms with Gasteiger partial charge in [-0.25, -0.2) is 4.98 Å². The Hall–Kier alpha value is -1.68. The maximum atomic E-state index is 12.4. The van der Waals surface area contributed by atoms with Crippen LogP contribution in [0.1, 0.15) is 56.1 Å². The van der Waals surface area contributed by atoms with E-state index < -0.39 is 0 Å². The van der Waals surface area contributed by atoms with Gasteiger partial charge in [-0.3, -0.25) is 4.79 Å². The van der Waals surface area contributed by atoms with Crippen LogP contribution in [0.2, 0.25) is 0 Å². The van der Waals surface area contributed by atoms with Gasteiger partial charge in [0, 0.05) is 16.9 Å². The largest absolute Gasteiger partial charge is 0.302 e. The van der Waals surface area contributed by atoms with E-state index >= 15 is 0 Å². The molecule has 1 amide bonds. The number of fused-ring (bicyclic) bond motifs is 1. The Labute approximate surface area is 147 Å². The third-order valence-electron chi connectivity index (χ3n) is 5.35. The zero-order valence-electron chi connectivity index (χ0n) is 14.0. The van der Waals surface area contributed by atoms with Gasteiger partial charge in [0.05, 0.1) is 5.69 Å². The molecule has 0 spiro atoms. The molecule has 0 saturated heterocycles. The van der Waals surface area contributed by atoms with Gasteiger partial charge in [0.1, 0.15) is 0 Å². The number of amides is 1. The molecule has 0 unspecified atom stereocenters. The van der Waals surface area contributed by atoms with E-state index in [-0.39, 0.29) is 11.8 Å². The molecule has 4 rings (SSSR count). The minimum Gasteiger partial charge on any atom is -0.302 e. The van der Waals surface area contributed by atoms with Crippen LogP contribution < -0.4 is 5.32 Å². The fraction of sp³-hybridized carbons (Fsp3) is 0.500. The quantitative estimate of drug-likeness (QED) is 0.833. The van der Waals surface area contributed by atoms with Crippen molar-refractivity contribution in [2.24, 2.45) is 5.92 Å². The van der Waals surface area contributed by atoms with Crippen molar-refractivity contribution in [3.05, 3.63) is 34.7 Å². The van der Waals surface area contributed by atoms with Crippen molar-refractivity contribution in [3.63, 3.8) is 0 Å². The highest BCUT2D eigenvalue weighted by Gasteiger charge is 2.22. The number of hydrogen-bond donors (Lipinski definition) is 1. The summed E-state index contributed by atoms with van der Waals surface area (Å²) in [4.78, 5) is 17.0. The molecule has 2 aliphatic carbocycles. The second kappa shape index (κ2) is 7.06. The van der Waals surface area contributed by atoms with Gasteiger partial charge >= 0.3 is 0 Å². The number of nitrogens with one attached hydrogen (secondary N) is 1. The number of carbonyl (C=O) groups excluding carboxylic acids is 1. The molecule has 0 atom stereocenters. The van der Waals surface area contributed by atoms with E-state index in [0.29, 0.717) is 0 Å². The van der Waals surface area contributed by atoms with E-state index in [4.69, 9.17) is 0 Å². The predicted molar refractivity (Wildman–Crippen MR) is 99.4 cm³/mol. The highest BCUT2D eigenvalue weighted by molar-refractivity contribution is 7.14. The molecule has 4 heteroatoms. The zero-order valence-corrected chi connectivity index (χ0v) is 14.8. The molecule has 0 radical (unpaired) electrons. The van der Waals surface area contributed by atoms with Gasteiger partial charge in [0.25, 0.3) is 0 Å². The minimum absolute atomic E-state index is 0.154. The van der Waals surface area contributed by atoms with Crippen LogP contribution in [-0.4, -0.2) is 10.9 Å². The Morgan fingerprint density at radius 3 is 2.67 bits per heavy atom. The summed E-state index contributed by atoms with van der Waals surface area (Å²) in [7, 11) is 0. The van der Waals surface area contributed by atoms with E-state index in [0.717, 1.165) is 23.7 Å². The third kappa shape index (κ3) is 3.39. The topological polar surface area (TPSA) is 42.0 Å². The molecular formula is C20H24N2OS. The number of aryl methyl sites for hydroxylation is 2. The fourth-order valence-corrected chi connectivity index (χ4v) is 4.65. The summed E-state index contributed by atoms with van der Waals surface area (Å²) in [5, 5.41) is 5.82. The number of thiazole rings is 1. The Balaban J connectivity index is 1.47. The smallest absolute Gasteiger partial charge is 0.229 e. The number of benzene rings is 1. The summed E-state index contributed by atoms with van der Waals surface area (Å²) in [6.45, 7) is 0. The Morgan fingerprint density at radius 1 is 1.04 bits per heavy atom. The normalized spacial score (nSPS) is 18.2. The standard InChI is InChI=1S/C20H24N2OS/c23-19(15-7-2-1-3-8-15)22-20-21-18(13-24-20)17-11-10-14-6-4-5-9-16(14)12-17/h10-13,15H,1-9H2,(H,21,22,23). The van der Waals surface area contributed by atoms with Gasteiger partial charge in [-0.1, -0.05) is 31.4 Å². The number of hydrogen-bond acceptors (Lipinski definition) is 3. The second-order valence-electron chi connectivity index (χ2n) is 7.05. The van der Waals surface area contributed by atoms with Crippen LogP contribution in [0.3, 0.4) is 0 Å². The molecule has 0 bridgehead atoms. The van der Waals surface area contributed by atoms with Crippen molar-refractivity contribution in [1.29, 1.82) is 0 Å². The first-order valence-corrected chi connectivity index (χ1v) is 10.1. The molecule has 24 heavy (non-hydrogen) atoms. The van der Waals surface area contributed by atoms with Crippen molar-refractivity contribution < 1.29 is 4.79 Å². The van der Waals surface area contributed by atoms with Crippen LogP contribution in [0.5, 0.6) is 0 Å². The number of anilines is 1. The van der Waals surface area contributed by atoms with Crippen molar-refractivity contribution in [3.8, 4) is 11.3 Å². The number of rotatable bonds is 3. The van der Waals surface area contributed by atoms with E-state index in [2.05, 4.69) is 33.9 Å². The van der Waals surface area contributed by atoms with Crippen LogP contribution >= 0.6 is 11.3 Å². The molecule has 126 valence electrons. The lowest BCUT2D eigenvalue weighted by atomic mass is 9.89. The maximum absolute atomic E-state index is 12.4. The zero-order chi connectivity index (χ0) is 16.4. The molecule has 0 aliphatic heterocycles. The van der Waals surface area contributed by atoms with Crippen molar-refractivity contribution in [2.45, 2.75) is 57.8 Å². The third-order valence-corrected chi connectivity index (χ3v) is 6.11. The van der Waals surface area contributed by atoms with E-state index in [1.165, 1.54) is 73.0 Å². The lowest BCUT2D eigenvalue weighted by Crippen LogP contribution is -2.24. The Morgan fingerprint density at radius 2 is 1.83 bits per heavy atom. The highest BCUT2D eigenvalue weighted by Crippen LogP contribution is 2.30. The van der Waals surface area contributed by atoms with Gasteiger partial charge in [0.2, 0.25) is 5.91 Å². The van der Waals surface area contributed by atoms with Crippen LogP contribution in [0.25, 0.3) is 11.3 Å². The molecule has 1 aromatic carbocycles. The van der Waals surface area contributed by atoms with Gasteiger partial charge < -0.3 is 5.32 Å². The Kier molecular flexibility index (Phi) is 4.65. The van der Waals surface area contributed by atoms with E-state index in [1.54, 1.807) is 0 Å². The van der Waals surface area contributed by atoms with Crippen LogP contribution in [-0.2, 0) is 17.6 Å². The molecule has 1 aromatic heterocycles. The van der Waals surface area contributed by atoms with Gasteiger partial charge in [-0.05, 0) is 55.7 Å². The molecular weight excluding hydrogens is 316 g/mol. The molecule has 2 aliphatic rings. The Bertz CT molecular complexity index is 731. The summed E-state index contributed by atoms with van der Waals surface area (Å²) in [5.41, 5.74) is 5.11. The molecule has 1 fully saturated rings. The van der Waals surface area contributed by atoms with Crippen LogP contribution in [0, 0.1) is 5.92 Å². The first-order valence-electron chi connectivity index (χ1n) is 9.18. The monoisotopic (exact) mass is 340 g/mol. The van der Waals surface area contributed by atoms with E-state index in [1.807, 2.05) is 0 Å². The summed E-state index contributed by atoms with van der Waals surface area (Å²) in [6.07, 6.45) is 10.6. The van der Waals surface area contributed by atoms with E-state index in [9.17, 15) is 4.79 Å². The van der Waals surface area contributed by atoms with Crippen LogP contribution in [0.4, 0.5) is 5.13 Å². The van der Waals surface area contributed by atoms with Crippen molar-refractivity contribution >= 4 is 22.4 Å². The summed E-state index contributed by atoms with van der Waals surface area (Å²) in [6, 6.07) is 6.71. The van der Waals surface area contributed by atoms with Gasteiger partial charge in [0.15, 0.2) is 5.13 Å². The maximum Gasteiger partial charge on any atom is 0.229 e.